The normalized spacial score (nSPS) is 38.2. The van der Waals surface area contributed by atoms with Gasteiger partial charge in [-0.1, -0.05) is 45.4 Å². The predicted octanol–water partition coefficient (Wildman–Crippen LogP) is 5.07. The van der Waals surface area contributed by atoms with Gasteiger partial charge in [0.05, 0.1) is 0 Å². The van der Waals surface area contributed by atoms with Gasteiger partial charge in [0, 0.05) is 12.8 Å². The van der Waals surface area contributed by atoms with E-state index in [0.29, 0.717) is 24.2 Å². The second-order valence-corrected chi connectivity index (χ2v) is 8.59. The monoisotopic (exact) mass is 295 g/mol. The molecule has 3 heteroatoms. The second-order valence-electron chi connectivity index (χ2n) is 7.16. The van der Waals surface area contributed by atoms with Crippen LogP contribution in [-0.4, -0.2) is 10.0 Å². The molecule has 20 heavy (non-hydrogen) atoms. The largest absolute Gasteiger partial charge is 0.516 e. The molecule has 2 nitrogen and oxygen atoms in total. The fourth-order valence-corrected chi connectivity index (χ4v) is 4.98. The van der Waals surface area contributed by atoms with Gasteiger partial charge >= 0.3 is 8.03 Å². The maximum atomic E-state index is 12.0. The highest BCUT2D eigenvalue weighted by molar-refractivity contribution is 7.40. The van der Waals surface area contributed by atoms with Gasteiger partial charge in [-0.05, 0) is 47.2 Å². The Morgan fingerprint density at radius 1 is 1.35 bits per heavy atom. The van der Waals surface area contributed by atoms with Crippen molar-refractivity contribution in [3.05, 3.63) is 24.3 Å². The Hall–Kier alpha value is -0.460. The van der Waals surface area contributed by atoms with Gasteiger partial charge in [0.1, 0.15) is 0 Å². The minimum Gasteiger partial charge on any atom is -0.160 e. The summed E-state index contributed by atoms with van der Waals surface area (Å²) in [6, 6.07) is 0. The van der Waals surface area contributed by atoms with E-state index in [4.69, 9.17) is 0 Å². The van der Waals surface area contributed by atoms with E-state index < -0.39 is 13.2 Å². The summed E-state index contributed by atoms with van der Waals surface area (Å²) < 4.78 is 12.0. The molecule has 1 fully saturated rings. The maximum absolute atomic E-state index is 12.0. The van der Waals surface area contributed by atoms with Crippen molar-refractivity contribution in [2.24, 2.45) is 23.7 Å². The molecule has 0 spiro atoms. The third-order valence-corrected chi connectivity index (χ3v) is 6.56. The zero-order valence-corrected chi connectivity index (χ0v) is 13.9. The lowest BCUT2D eigenvalue weighted by atomic mass is 9.67. The van der Waals surface area contributed by atoms with Gasteiger partial charge in [-0.25, -0.2) is 0 Å². The van der Waals surface area contributed by atoms with Crippen LogP contribution in [0.15, 0.2) is 24.3 Å². The first-order chi connectivity index (χ1) is 9.44. The van der Waals surface area contributed by atoms with Crippen molar-refractivity contribution in [3.8, 4) is 0 Å². The zero-order valence-electron chi connectivity index (χ0n) is 13.0. The Morgan fingerprint density at radius 2 is 2.10 bits per heavy atom. The fraction of sp³-hybridized carbons (Fsp3) is 0.765. The van der Waals surface area contributed by atoms with Crippen LogP contribution < -0.4 is 0 Å². The smallest absolute Gasteiger partial charge is 0.160 e. The van der Waals surface area contributed by atoms with E-state index in [-0.39, 0.29) is 0 Å². The molecule has 1 N–H and O–H groups in total. The molecule has 0 saturated heterocycles. The standard InChI is InChI=1S/C17H27O2P/c1-13(2)16-8-7-14(3)11-15(16)12-17(20(18)19)9-5-4-6-10-17/h4-6,9,13-16H,7-8,10-12H2,1-3H3/p+1. The predicted molar refractivity (Wildman–Crippen MR) is 84.9 cm³/mol. The highest BCUT2D eigenvalue weighted by atomic mass is 31.1. The average Bonchev–Trinajstić information content (AvgIpc) is 2.39. The van der Waals surface area contributed by atoms with Gasteiger partial charge in [0.15, 0.2) is 0 Å². The van der Waals surface area contributed by atoms with Crippen LogP contribution in [0, 0.1) is 23.7 Å². The van der Waals surface area contributed by atoms with E-state index >= 15 is 0 Å². The third-order valence-electron chi connectivity index (χ3n) is 5.28. The first kappa shape index (κ1) is 15.9. The van der Waals surface area contributed by atoms with Crippen molar-refractivity contribution in [1.29, 1.82) is 0 Å². The van der Waals surface area contributed by atoms with Crippen LogP contribution in [0.3, 0.4) is 0 Å². The second kappa shape index (κ2) is 6.54. The number of rotatable bonds is 4. The van der Waals surface area contributed by atoms with Crippen LogP contribution in [0.2, 0.25) is 0 Å². The lowest BCUT2D eigenvalue weighted by Crippen LogP contribution is -2.34. The summed E-state index contributed by atoms with van der Waals surface area (Å²) in [5.74, 6) is 2.72. The zero-order chi connectivity index (χ0) is 14.8. The molecule has 0 amide bonds. The summed E-state index contributed by atoms with van der Waals surface area (Å²) in [6.45, 7) is 6.93. The van der Waals surface area contributed by atoms with Crippen LogP contribution in [0.4, 0.5) is 0 Å². The van der Waals surface area contributed by atoms with E-state index in [1.807, 2.05) is 24.3 Å². The van der Waals surface area contributed by atoms with Crippen LogP contribution >= 0.6 is 8.03 Å². The minimum atomic E-state index is -2.17. The molecule has 0 heterocycles. The topological polar surface area (TPSA) is 37.3 Å². The molecule has 1 saturated carbocycles. The van der Waals surface area contributed by atoms with Crippen molar-refractivity contribution < 1.29 is 9.46 Å². The van der Waals surface area contributed by atoms with Crippen molar-refractivity contribution in [2.75, 3.05) is 0 Å². The molecular weight excluding hydrogens is 267 g/mol. The molecule has 5 atom stereocenters. The lowest BCUT2D eigenvalue weighted by Gasteiger charge is -2.39. The minimum absolute atomic E-state index is 0.515. The van der Waals surface area contributed by atoms with Gasteiger partial charge in [-0.3, -0.25) is 0 Å². The van der Waals surface area contributed by atoms with Gasteiger partial charge in [-0.15, -0.1) is 0 Å². The number of hydrogen-bond donors (Lipinski definition) is 1. The molecule has 0 bridgehead atoms. The average molecular weight is 295 g/mol. The highest BCUT2D eigenvalue weighted by Gasteiger charge is 2.49. The van der Waals surface area contributed by atoms with Crippen molar-refractivity contribution in [2.45, 2.75) is 58.0 Å². The molecule has 2 aliphatic rings. The van der Waals surface area contributed by atoms with Crippen LogP contribution in [0.1, 0.15) is 52.9 Å². The molecule has 0 aromatic carbocycles. The molecule has 0 aromatic rings. The van der Waals surface area contributed by atoms with Gasteiger partial charge < -0.3 is 0 Å². The third kappa shape index (κ3) is 3.40. The van der Waals surface area contributed by atoms with E-state index in [1.165, 1.54) is 19.3 Å². The van der Waals surface area contributed by atoms with E-state index in [9.17, 15) is 9.46 Å². The summed E-state index contributed by atoms with van der Waals surface area (Å²) in [4.78, 5) is 9.87. The molecule has 2 aliphatic carbocycles. The lowest BCUT2D eigenvalue weighted by molar-refractivity contribution is 0.128. The van der Waals surface area contributed by atoms with Gasteiger partial charge in [-0.2, -0.15) is 4.89 Å². The molecule has 112 valence electrons. The Labute approximate surface area is 124 Å². The summed E-state index contributed by atoms with van der Waals surface area (Å²) in [6.07, 6.45) is 13.4. The van der Waals surface area contributed by atoms with Crippen LogP contribution in [0.5, 0.6) is 0 Å². The molecule has 0 aromatic heterocycles. The van der Waals surface area contributed by atoms with Crippen LogP contribution in [-0.2, 0) is 4.57 Å². The van der Waals surface area contributed by atoms with Crippen LogP contribution in [0.25, 0.3) is 0 Å². The summed E-state index contributed by atoms with van der Waals surface area (Å²) >= 11 is 0. The van der Waals surface area contributed by atoms with Crippen molar-refractivity contribution >= 4 is 8.03 Å². The number of hydrogen-bond acceptors (Lipinski definition) is 1. The molecule has 2 rings (SSSR count). The Kier molecular flexibility index (Phi) is 5.20. The summed E-state index contributed by atoms with van der Waals surface area (Å²) in [5, 5.41) is -0.515. The summed E-state index contributed by atoms with van der Waals surface area (Å²) in [7, 11) is -2.17. The fourth-order valence-electron chi connectivity index (χ4n) is 4.11. The van der Waals surface area contributed by atoms with E-state index in [1.54, 1.807) is 0 Å². The Bertz CT molecular complexity index is 413. The molecule has 0 radical (unpaired) electrons. The molecular formula is C17H28O2P+. The quantitative estimate of drug-likeness (QED) is 0.735. The Balaban J connectivity index is 2.17. The Morgan fingerprint density at radius 3 is 2.65 bits per heavy atom. The van der Waals surface area contributed by atoms with Crippen molar-refractivity contribution in [1.82, 2.24) is 0 Å². The van der Waals surface area contributed by atoms with E-state index in [0.717, 1.165) is 12.3 Å². The van der Waals surface area contributed by atoms with Gasteiger partial charge in [0.25, 0.3) is 0 Å². The van der Waals surface area contributed by atoms with Crippen molar-refractivity contribution in [3.63, 3.8) is 0 Å². The van der Waals surface area contributed by atoms with E-state index in [2.05, 4.69) is 20.8 Å². The first-order valence-electron chi connectivity index (χ1n) is 7.95. The van der Waals surface area contributed by atoms with Gasteiger partial charge in [0.2, 0.25) is 5.16 Å². The SMILES string of the molecule is CC1CCC(C(C)C)C(CC2([P+](=O)O)C=CC=CC2)C1. The highest BCUT2D eigenvalue weighted by Crippen LogP contribution is 2.51. The molecule has 0 aliphatic heterocycles. The maximum Gasteiger partial charge on any atom is 0.516 e. The number of allylic oxidation sites excluding steroid dienone is 4. The molecule has 5 unspecified atom stereocenters. The summed E-state index contributed by atoms with van der Waals surface area (Å²) in [5.41, 5.74) is 0. The first-order valence-corrected chi connectivity index (χ1v) is 9.16.